The van der Waals surface area contributed by atoms with Crippen LogP contribution in [0.15, 0.2) is 12.5 Å². The monoisotopic (exact) mass is 244 g/mol. The smallest absolute Gasteiger partial charge is 0.223 e. The van der Waals surface area contributed by atoms with Crippen LogP contribution in [0.4, 0.5) is 5.95 Å². The van der Waals surface area contributed by atoms with E-state index in [1.165, 1.54) is 12.8 Å². The van der Waals surface area contributed by atoms with Gasteiger partial charge in [-0.15, -0.1) is 0 Å². The van der Waals surface area contributed by atoms with Crippen LogP contribution >= 0.6 is 0 Å². The molecule has 2 N–H and O–H groups in total. The molecule has 1 aliphatic rings. The highest BCUT2D eigenvalue weighted by atomic mass is 15.1. The predicted molar refractivity (Wildman–Crippen MR) is 67.7 cm³/mol. The van der Waals surface area contributed by atoms with Gasteiger partial charge in [0.1, 0.15) is 11.5 Å². The van der Waals surface area contributed by atoms with E-state index in [1.807, 2.05) is 11.6 Å². The van der Waals surface area contributed by atoms with Crippen LogP contribution in [-0.4, -0.2) is 24.5 Å². The molecule has 0 radical (unpaired) electrons. The summed E-state index contributed by atoms with van der Waals surface area (Å²) in [4.78, 5) is 17.1. The molecule has 18 heavy (non-hydrogen) atoms. The Hall–Kier alpha value is -1.98. The van der Waals surface area contributed by atoms with Crippen LogP contribution in [0.1, 0.15) is 37.4 Å². The van der Waals surface area contributed by atoms with Crippen LogP contribution in [0.3, 0.4) is 0 Å². The van der Waals surface area contributed by atoms with Gasteiger partial charge in [-0.25, -0.2) is 9.97 Å². The van der Waals surface area contributed by atoms with Crippen LogP contribution < -0.4 is 5.73 Å². The third kappa shape index (κ3) is 1.94. The number of nitrogens with two attached hydrogens (primary N) is 1. The van der Waals surface area contributed by atoms with Crippen molar-refractivity contribution in [2.24, 2.45) is 7.05 Å². The molecule has 3 rings (SSSR count). The van der Waals surface area contributed by atoms with E-state index in [0.717, 1.165) is 24.4 Å². The van der Waals surface area contributed by atoms with Gasteiger partial charge in [0.05, 0.1) is 12.5 Å². The number of nitrogen functional groups attached to an aromatic ring is 1. The molecule has 94 valence electrons. The van der Waals surface area contributed by atoms with Gasteiger partial charge in [0.2, 0.25) is 5.95 Å². The first-order chi connectivity index (χ1) is 8.74. The SMILES string of the molecule is Cn1cncc1-c1nc(N)nc(C2CCCC2)n1. The average molecular weight is 244 g/mol. The molecule has 1 aliphatic carbocycles. The summed E-state index contributed by atoms with van der Waals surface area (Å²) in [7, 11) is 1.91. The average Bonchev–Trinajstić information content (AvgIpc) is 2.98. The molecular formula is C12H16N6. The molecule has 2 aromatic rings. The van der Waals surface area contributed by atoms with E-state index < -0.39 is 0 Å². The number of rotatable bonds is 2. The molecule has 0 unspecified atom stereocenters. The Balaban J connectivity index is 2.03. The minimum absolute atomic E-state index is 0.295. The van der Waals surface area contributed by atoms with Gasteiger partial charge in [-0.2, -0.15) is 9.97 Å². The zero-order valence-electron chi connectivity index (χ0n) is 10.4. The lowest BCUT2D eigenvalue weighted by atomic mass is 10.1. The summed E-state index contributed by atoms with van der Waals surface area (Å²) in [6.07, 6.45) is 8.26. The molecule has 0 aromatic carbocycles. The molecular weight excluding hydrogens is 228 g/mol. The highest BCUT2D eigenvalue weighted by Gasteiger charge is 2.21. The lowest BCUT2D eigenvalue weighted by Crippen LogP contribution is -2.08. The van der Waals surface area contributed by atoms with Crippen LogP contribution in [0, 0.1) is 0 Å². The van der Waals surface area contributed by atoms with E-state index in [2.05, 4.69) is 19.9 Å². The van der Waals surface area contributed by atoms with Gasteiger partial charge in [0, 0.05) is 13.0 Å². The van der Waals surface area contributed by atoms with E-state index in [0.29, 0.717) is 17.7 Å². The molecule has 0 amide bonds. The Bertz CT molecular complexity index is 555. The summed E-state index contributed by atoms with van der Waals surface area (Å²) < 4.78 is 1.88. The van der Waals surface area contributed by atoms with Gasteiger partial charge in [0.25, 0.3) is 0 Å². The molecule has 0 atom stereocenters. The summed E-state index contributed by atoms with van der Waals surface area (Å²) >= 11 is 0. The van der Waals surface area contributed by atoms with E-state index in [4.69, 9.17) is 5.73 Å². The second-order valence-electron chi connectivity index (χ2n) is 4.75. The third-order valence-electron chi connectivity index (χ3n) is 3.44. The quantitative estimate of drug-likeness (QED) is 0.865. The van der Waals surface area contributed by atoms with E-state index in [1.54, 1.807) is 12.5 Å². The molecule has 6 heteroatoms. The summed E-state index contributed by atoms with van der Waals surface area (Å²) in [5.41, 5.74) is 6.66. The number of aryl methyl sites for hydroxylation is 1. The highest BCUT2D eigenvalue weighted by Crippen LogP contribution is 2.32. The van der Waals surface area contributed by atoms with E-state index in [9.17, 15) is 0 Å². The first kappa shape index (κ1) is 11.1. The molecule has 2 heterocycles. The van der Waals surface area contributed by atoms with Crippen molar-refractivity contribution < 1.29 is 0 Å². The lowest BCUT2D eigenvalue weighted by molar-refractivity contribution is 0.664. The van der Waals surface area contributed by atoms with Gasteiger partial charge in [-0.3, -0.25) is 0 Å². The fourth-order valence-corrected chi connectivity index (χ4v) is 2.46. The van der Waals surface area contributed by atoms with E-state index >= 15 is 0 Å². The van der Waals surface area contributed by atoms with Crippen molar-refractivity contribution in [2.45, 2.75) is 31.6 Å². The molecule has 0 spiro atoms. The summed E-state index contributed by atoms with van der Waals surface area (Å²) in [6, 6.07) is 0. The number of hydrogen-bond donors (Lipinski definition) is 1. The second kappa shape index (κ2) is 4.36. The Kier molecular flexibility index (Phi) is 2.70. The van der Waals surface area contributed by atoms with Crippen LogP contribution in [0.2, 0.25) is 0 Å². The van der Waals surface area contributed by atoms with Crippen molar-refractivity contribution in [3.05, 3.63) is 18.3 Å². The lowest BCUT2D eigenvalue weighted by Gasteiger charge is -2.09. The first-order valence-electron chi connectivity index (χ1n) is 6.22. The van der Waals surface area contributed by atoms with Gasteiger partial charge in [0.15, 0.2) is 5.82 Å². The number of anilines is 1. The second-order valence-corrected chi connectivity index (χ2v) is 4.75. The van der Waals surface area contributed by atoms with Crippen LogP contribution in [-0.2, 0) is 7.05 Å². The maximum atomic E-state index is 5.79. The van der Waals surface area contributed by atoms with Crippen LogP contribution in [0.25, 0.3) is 11.5 Å². The highest BCUT2D eigenvalue weighted by molar-refractivity contribution is 5.49. The predicted octanol–water partition coefficient (Wildman–Crippen LogP) is 1.51. The fraction of sp³-hybridized carbons (Fsp3) is 0.500. The Morgan fingerprint density at radius 3 is 2.67 bits per heavy atom. The molecule has 0 bridgehead atoms. The molecule has 6 nitrogen and oxygen atoms in total. The largest absolute Gasteiger partial charge is 0.368 e. The van der Waals surface area contributed by atoms with Crippen molar-refractivity contribution in [3.63, 3.8) is 0 Å². The summed E-state index contributed by atoms with van der Waals surface area (Å²) in [6.45, 7) is 0. The van der Waals surface area contributed by atoms with Gasteiger partial charge >= 0.3 is 0 Å². The molecule has 1 fully saturated rings. The Morgan fingerprint density at radius 1 is 1.22 bits per heavy atom. The summed E-state index contributed by atoms with van der Waals surface area (Å²) in [5, 5.41) is 0. The number of imidazole rings is 1. The number of nitrogens with zero attached hydrogens (tertiary/aromatic N) is 5. The third-order valence-corrected chi connectivity index (χ3v) is 3.44. The topological polar surface area (TPSA) is 82.5 Å². The Morgan fingerprint density at radius 2 is 2.00 bits per heavy atom. The molecule has 1 saturated carbocycles. The van der Waals surface area contributed by atoms with Gasteiger partial charge < -0.3 is 10.3 Å². The standard InChI is InChI=1S/C12H16N6/c1-18-7-14-6-9(18)11-15-10(16-12(13)17-11)8-4-2-3-5-8/h6-8H,2-5H2,1H3,(H2,13,15,16,17). The normalized spacial score (nSPS) is 16.3. The molecule has 0 aliphatic heterocycles. The van der Waals surface area contributed by atoms with Crippen molar-refractivity contribution in [1.29, 1.82) is 0 Å². The fourth-order valence-electron chi connectivity index (χ4n) is 2.46. The van der Waals surface area contributed by atoms with Crippen molar-refractivity contribution in [1.82, 2.24) is 24.5 Å². The zero-order chi connectivity index (χ0) is 12.5. The maximum absolute atomic E-state index is 5.79. The molecule has 0 saturated heterocycles. The summed E-state index contributed by atoms with van der Waals surface area (Å²) in [5.74, 6) is 2.17. The van der Waals surface area contributed by atoms with E-state index in [-0.39, 0.29) is 0 Å². The number of aromatic nitrogens is 5. The maximum Gasteiger partial charge on any atom is 0.223 e. The first-order valence-corrected chi connectivity index (χ1v) is 6.22. The van der Waals surface area contributed by atoms with Crippen molar-refractivity contribution >= 4 is 5.95 Å². The minimum atomic E-state index is 0.295. The van der Waals surface area contributed by atoms with Gasteiger partial charge in [-0.1, -0.05) is 12.8 Å². The van der Waals surface area contributed by atoms with Crippen molar-refractivity contribution in [2.75, 3.05) is 5.73 Å². The zero-order valence-corrected chi connectivity index (χ0v) is 10.4. The number of hydrogen-bond acceptors (Lipinski definition) is 5. The van der Waals surface area contributed by atoms with Gasteiger partial charge in [-0.05, 0) is 12.8 Å². The molecule has 2 aromatic heterocycles. The Labute approximate surface area is 105 Å². The van der Waals surface area contributed by atoms with Crippen molar-refractivity contribution in [3.8, 4) is 11.5 Å². The minimum Gasteiger partial charge on any atom is -0.368 e. The van der Waals surface area contributed by atoms with Crippen LogP contribution in [0.5, 0.6) is 0 Å².